The largest absolute Gasteiger partial charge is 0.480 e. The third kappa shape index (κ3) is 10.5. The predicted octanol–water partition coefficient (Wildman–Crippen LogP) is 4.43. The van der Waals surface area contributed by atoms with Crippen molar-refractivity contribution in [2.24, 2.45) is 11.8 Å². The van der Waals surface area contributed by atoms with Gasteiger partial charge < -0.3 is 25.4 Å². The first-order valence-electron chi connectivity index (χ1n) is 14.3. The predicted molar refractivity (Wildman–Crippen MR) is 162 cm³/mol. The van der Waals surface area contributed by atoms with Crippen molar-refractivity contribution < 1.29 is 29.0 Å². The van der Waals surface area contributed by atoms with Gasteiger partial charge in [-0.25, -0.2) is 9.59 Å². The number of urea groups is 1. The second kappa shape index (κ2) is 16.1. The summed E-state index contributed by atoms with van der Waals surface area (Å²) in [5, 5.41) is 17.3. The van der Waals surface area contributed by atoms with Crippen molar-refractivity contribution in [3.63, 3.8) is 0 Å². The number of carbonyl (C=O) groups is 4. The fraction of sp³-hybridized carbons (Fsp3) is 0.394. The Labute approximate surface area is 247 Å². The molecule has 42 heavy (non-hydrogen) atoms. The van der Waals surface area contributed by atoms with Crippen molar-refractivity contribution in [2.75, 3.05) is 26.2 Å². The highest BCUT2D eigenvalue weighted by Gasteiger charge is 2.29. The van der Waals surface area contributed by atoms with Crippen LogP contribution < -0.4 is 10.6 Å². The van der Waals surface area contributed by atoms with Gasteiger partial charge in [-0.1, -0.05) is 86.6 Å². The van der Waals surface area contributed by atoms with Gasteiger partial charge in [0.05, 0.1) is 12.5 Å². The molecule has 3 aromatic rings. The van der Waals surface area contributed by atoms with E-state index in [1.807, 2.05) is 86.6 Å². The number of nitrogens with one attached hydrogen (secondary N) is 2. The summed E-state index contributed by atoms with van der Waals surface area (Å²) in [6.07, 6.45) is 1.15. The molecule has 0 saturated carbocycles. The molecule has 3 amide bonds. The first kappa shape index (κ1) is 32.1. The van der Waals surface area contributed by atoms with Crippen LogP contribution in [0.4, 0.5) is 4.79 Å². The van der Waals surface area contributed by atoms with E-state index in [1.165, 1.54) is 11.8 Å². The van der Waals surface area contributed by atoms with Crippen molar-refractivity contribution in [3.05, 3.63) is 83.9 Å². The summed E-state index contributed by atoms with van der Waals surface area (Å²) in [4.78, 5) is 51.5. The fourth-order valence-corrected chi connectivity index (χ4v) is 4.75. The topological polar surface area (TPSA) is 125 Å². The van der Waals surface area contributed by atoms with Crippen LogP contribution in [0.15, 0.2) is 72.8 Å². The van der Waals surface area contributed by atoms with E-state index < -0.39 is 29.9 Å². The van der Waals surface area contributed by atoms with Gasteiger partial charge in [-0.05, 0) is 40.7 Å². The van der Waals surface area contributed by atoms with Crippen LogP contribution in [0.1, 0.15) is 38.3 Å². The molecule has 0 fully saturated rings. The van der Waals surface area contributed by atoms with Crippen LogP contribution in [-0.4, -0.2) is 66.2 Å². The zero-order valence-electron chi connectivity index (χ0n) is 24.5. The Morgan fingerprint density at radius 2 is 1.57 bits per heavy atom. The highest BCUT2D eigenvalue weighted by molar-refractivity contribution is 5.85. The average Bonchev–Trinajstić information content (AvgIpc) is 2.96. The molecule has 0 saturated heterocycles. The van der Waals surface area contributed by atoms with Gasteiger partial charge in [0.2, 0.25) is 5.91 Å². The monoisotopic (exact) mass is 575 g/mol. The minimum Gasteiger partial charge on any atom is -0.480 e. The normalized spacial score (nSPS) is 12.4. The molecule has 9 nitrogen and oxygen atoms in total. The third-order valence-corrected chi connectivity index (χ3v) is 6.84. The summed E-state index contributed by atoms with van der Waals surface area (Å²) >= 11 is 0. The quantitative estimate of drug-likeness (QED) is 0.182. The molecule has 0 heterocycles. The maximum atomic E-state index is 13.5. The molecule has 0 unspecified atom stereocenters. The van der Waals surface area contributed by atoms with E-state index >= 15 is 0 Å². The van der Waals surface area contributed by atoms with E-state index in [0.29, 0.717) is 19.4 Å². The van der Waals surface area contributed by atoms with Crippen LogP contribution in [0.3, 0.4) is 0 Å². The number of hydrogen-bond acceptors (Lipinski definition) is 5. The van der Waals surface area contributed by atoms with E-state index in [-0.39, 0.29) is 37.9 Å². The molecule has 3 N–H and O–H groups in total. The number of aliphatic carboxylic acids is 1. The fourth-order valence-electron chi connectivity index (χ4n) is 4.75. The molecule has 0 aromatic heterocycles. The molecule has 9 heteroatoms. The van der Waals surface area contributed by atoms with Crippen LogP contribution >= 0.6 is 0 Å². The number of carboxylic acid groups (broad SMARTS) is 1. The van der Waals surface area contributed by atoms with E-state index in [0.717, 1.165) is 21.9 Å². The third-order valence-electron chi connectivity index (χ3n) is 6.84. The highest BCUT2D eigenvalue weighted by Crippen LogP contribution is 2.18. The van der Waals surface area contributed by atoms with Gasteiger partial charge in [0, 0.05) is 26.4 Å². The van der Waals surface area contributed by atoms with E-state index in [1.54, 1.807) is 0 Å². The second-order valence-corrected chi connectivity index (χ2v) is 10.9. The van der Waals surface area contributed by atoms with Crippen LogP contribution in [0, 0.1) is 11.8 Å². The maximum absolute atomic E-state index is 13.5. The van der Waals surface area contributed by atoms with E-state index in [4.69, 9.17) is 4.74 Å². The molecular formula is C33H41N3O6. The Bertz CT molecular complexity index is 1340. The number of amides is 3. The minimum atomic E-state index is -1.15. The van der Waals surface area contributed by atoms with Crippen molar-refractivity contribution in [1.29, 1.82) is 0 Å². The van der Waals surface area contributed by atoms with Crippen LogP contribution in [-0.2, 0) is 32.0 Å². The number of aryl methyl sites for hydroxylation is 1. The summed E-state index contributed by atoms with van der Waals surface area (Å²) in [5.41, 5.74) is 1.84. The van der Waals surface area contributed by atoms with Gasteiger partial charge in [0.15, 0.2) is 0 Å². The Kier molecular flexibility index (Phi) is 12.3. The Hall–Kier alpha value is -4.40. The molecule has 3 rings (SSSR count). The van der Waals surface area contributed by atoms with Crippen molar-refractivity contribution in [3.8, 4) is 0 Å². The Morgan fingerprint density at radius 1 is 0.881 bits per heavy atom. The first-order chi connectivity index (χ1) is 20.1. The molecule has 2 atom stereocenters. The number of hydrogen-bond donors (Lipinski definition) is 3. The standard InChI is InChI=1S/C33H41N3O6/c1-23(2)21-36(22-29(16-13-25-9-5-4-6-10-25)32(40)42-18-17-34-24(3)37)33(41)35-30(31(38)39)20-26-14-15-27-11-7-8-12-28(27)19-26/h4-12,14-15,19,23,29-30H,13,16-18,20-22H2,1-3H3,(H,34,37)(H,35,41)(H,38,39)/t29-,30-/m0/s1. The Balaban J connectivity index is 1.74. The van der Waals surface area contributed by atoms with Gasteiger partial charge in [0.1, 0.15) is 12.6 Å². The first-order valence-corrected chi connectivity index (χ1v) is 14.3. The Morgan fingerprint density at radius 3 is 2.24 bits per heavy atom. The zero-order valence-corrected chi connectivity index (χ0v) is 24.5. The van der Waals surface area contributed by atoms with Gasteiger partial charge in [0.25, 0.3) is 0 Å². The molecule has 0 radical (unpaired) electrons. The highest BCUT2D eigenvalue weighted by atomic mass is 16.5. The SMILES string of the molecule is CC(=O)NCCOC(=O)[C@@H](CCc1ccccc1)CN(CC(C)C)C(=O)N[C@@H](Cc1ccc2ccccc2c1)C(=O)O. The number of rotatable bonds is 15. The summed E-state index contributed by atoms with van der Waals surface area (Å²) in [7, 11) is 0. The molecular weight excluding hydrogens is 534 g/mol. The number of fused-ring (bicyclic) bond motifs is 1. The summed E-state index contributed by atoms with van der Waals surface area (Å²) in [5.74, 6) is -2.40. The number of esters is 1. The smallest absolute Gasteiger partial charge is 0.326 e. The van der Waals surface area contributed by atoms with Crippen molar-refractivity contribution in [2.45, 2.75) is 46.1 Å². The van der Waals surface area contributed by atoms with Crippen molar-refractivity contribution >= 4 is 34.6 Å². The molecule has 0 aliphatic heterocycles. The summed E-state index contributed by atoms with van der Waals surface area (Å²) in [6.45, 7) is 5.90. The van der Waals surface area contributed by atoms with Gasteiger partial charge in [-0.15, -0.1) is 0 Å². The van der Waals surface area contributed by atoms with Gasteiger partial charge in [-0.2, -0.15) is 0 Å². The van der Waals surface area contributed by atoms with Crippen molar-refractivity contribution in [1.82, 2.24) is 15.5 Å². The lowest BCUT2D eigenvalue weighted by Gasteiger charge is -2.30. The molecule has 224 valence electrons. The minimum absolute atomic E-state index is 0.0173. The number of benzene rings is 3. The van der Waals surface area contributed by atoms with Crippen LogP contribution in [0.5, 0.6) is 0 Å². The number of nitrogens with zero attached hydrogens (tertiary/aromatic N) is 1. The lowest BCUT2D eigenvalue weighted by Crippen LogP contribution is -2.51. The maximum Gasteiger partial charge on any atom is 0.326 e. The molecule has 0 bridgehead atoms. The lowest BCUT2D eigenvalue weighted by atomic mass is 9.98. The lowest BCUT2D eigenvalue weighted by molar-refractivity contribution is -0.149. The number of ether oxygens (including phenoxy) is 1. The number of carboxylic acids is 1. The molecule has 0 spiro atoms. The molecule has 0 aliphatic carbocycles. The summed E-state index contributed by atoms with van der Waals surface area (Å²) in [6, 6.07) is 21.6. The van der Waals surface area contributed by atoms with E-state index in [9.17, 15) is 24.3 Å². The average molecular weight is 576 g/mol. The van der Waals surface area contributed by atoms with Gasteiger partial charge in [-0.3, -0.25) is 9.59 Å². The van der Waals surface area contributed by atoms with Gasteiger partial charge >= 0.3 is 18.0 Å². The molecule has 0 aliphatic rings. The molecule has 3 aromatic carbocycles. The number of carbonyl (C=O) groups excluding carboxylic acids is 3. The zero-order chi connectivity index (χ0) is 30.5. The van der Waals surface area contributed by atoms with E-state index in [2.05, 4.69) is 10.6 Å². The second-order valence-electron chi connectivity index (χ2n) is 10.9. The van der Waals surface area contributed by atoms with Crippen LogP contribution in [0.25, 0.3) is 10.8 Å². The van der Waals surface area contributed by atoms with Crippen LogP contribution in [0.2, 0.25) is 0 Å². The summed E-state index contributed by atoms with van der Waals surface area (Å²) < 4.78 is 5.46.